The predicted molar refractivity (Wildman–Crippen MR) is 72.5 cm³/mol. The minimum atomic E-state index is -0.788. The van der Waals surface area contributed by atoms with E-state index in [0.29, 0.717) is 6.42 Å². The number of nitrogens with zero attached hydrogens (tertiary/aromatic N) is 2. The second-order valence-electron chi connectivity index (χ2n) is 4.90. The van der Waals surface area contributed by atoms with Crippen molar-refractivity contribution >= 4 is 22.8 Å². The van der Waals surface area contributed by atoms with Crippen molar-refractivity contribution in [3.8, 4) is 0 Å². The molecular formula is C14H15N3O2. The van der Waals surface area contributed by atoms with Crippen molar-refractivity contribution in [3.05, 3.63) is 35.2 Å². The summed E-state index contributed by atoms with van der Waals surface area (Å²) in [5.41, 5.74) is 5.35. The number of benzene rings is 1. The molecule has 0 aliphatic carbocycles. The predicted octanol–water partition coefficient (Wildman–Crippen LogP) is 2.45. The molecule has 5 heteroatoms. The van der Waals surface area contributed by atoms with E-state index in [1.54, 1.807) is 0 Å². The van der Waals surface area contributed by atoms with Gasteiger partial charge in [-0.25, -0.2) is 4.98 Å². The molecule has 0 aliphatic rings. The van der Waals surface area contributed by atoms with Crippen LogP contribution in [0.2, 0.25) is 0 Å². The summed E-state index contributed by atoms with van der Waals surface area (Å²) in [6, 6.07) is 4.18. The summed E-state index contributed by atoms with van der Waals surface area (Å²) in [5.74, 6) is -0.0241. The molecule has 5 nitrogen and oxygen atoms in total. The van der Waals surface area contributed by atoms with Gasteiger partial charge in [0.2, 0.25) is 5.78 Å². The number of aliphatic carboxylic acids is 1. The Hall–Kier alpha value is -2.30. The molecular weight excluding hydrogens is 242 g/mol. The summed E-state index contributed by atoms with van der Waals surface area (Å²) < 4.78 is 1.99. The molecule has 0 saturated carbocycles. The van der Waals surface area contributed by atoms with Gasteiger partial charge in [-0.15, -0.1) is 0 Å². The first-order valence-corrected chi connectivity index (χ1v) is 6.23. The molecule has 0 fully saturated rings. The molecule has 2 heterocycles. The fraction of sp³-hybridized carbons (Fsp3) is 0.286. The average molecular weight is 257 g/mol. The minimum absolute atomic E-state index is 0.125. The van der Waals surface area contributed by atoms with E-state index in [4.69, 9.17) is 5.11 Å². The van der Waals surface area contributed by atoms with Crippen LogP contribution in [0.5, 0.6) is 0 Å². The Morgan fingerprint density at radius 2 is 2.11 bits per heavy atom. The number of nitrogens with one attached hydrogen (secondary N) is 1. The quantitative estimate of drug-likeness (QED) is 0.757. The van der Waals surface area contributed by atoms with E-state index >= 15 is 0 Å². The van der Waals surface area contributed by atoms with E-state index in [9.17, 15) is 4.79 Å². The number of aromatic amines is 1. The van der Waals surface area contributed by atoms with Crippen LogP contribution in [0.3, 0.4) is 0 Å². The van der Waals surface area contributed by atoms with Crippen LogP contribution >= 0.6 is 0 Å². The first-order chi connectivity index (χ1) is 9.04. The summed E-state index contributed by atoms with van der Waals surface area (Å²) in [5, 5.41) is 8.70. The Balaban J connectivity index is 2.09. The number of aromatic nitrogens is 3. The Morgan fingerprint density at radius 1 is 1.37 bits per heavy atom. The molecule has 98 valence electrons. The van der Waals surface area contributed by atoms with E-state index in [1.807, 2.05) is 10.6 Å². The van der Waals surface area contributed by atoms with Gasteiger partial charge < -0.3 is 10.1 Å². The monoisotopic (exact) mass is 257 g/mol. The highest BCUT2D eigenvalue weighted by Gasteiger charge is 2.10. The molecule has 0 atom stereocenters. The summed E-state index contributed by atoms with van der Waals surface area (Å²) in [6.45, 7) is 4.15. The van der Waals surface area contributed by atoms with Crippen molar-refractivity contribution < 1.29 is 9.90 Å². The number of rotatable bonds is 3. The molecule has 1 aromatic carbocycles. The van der Waals surface area contributed by atoms with Gasteiger partial charge in [-0.05, 0) is 43.5 Å². The maximum atomic E-state index is 10.6. The van der Waals surface area contributed by atoms with E-state index in [0.717, 1.165) is 22.5 Å². The van der Waals surface area contributed by atoms with Gasteiger partial charge in [-0.3, -0.25) is 9.20 Å². The lowest BCUT2D eigenvalue weighted by Crippen LogP contribution is -1.97. The number of aryl methyl sites for hydroxylation is 3. The van der Waals surface area contributed by atoms with Gasteiger partial charge in [0.1, 0.15) is 0 Å². The van der Waals surface area contributed by atoms with Crippen LogP contribution in [0.25, 0.3) is 16.8 Å². The Labute approximate surface area is 109 Å². The number of carboxylic acids is 1. The summed E-state index contributed by atoms with van der Waals surface area (Å²) >= 11 is 0. The summed E-state index contributed by atoms with van der Waals surface area (Å²) in [4.78, 5) is 18.3. The Kier molecular flexibility index (Phi) is 2.55. The lowest BCUT2D eigenvalue weighted by Gasteiger charge is -1.99. The van der Waals surface area contributed by atoms with Crippen molar-refractivity contribution in [2.24, 2.45) is 0 Å². The third-order valence-corrected chi connectivity index (χ3v) is 3.47. The SMILES string of the molecule is Cc1cc2nc3[nH]c(CCC(=O)O)cn3c2cc1C. The molecule has 0 spiro atoms. The van der Waals surface area contributed by atoms with Crippen LogP contribution in [-0.2, 0) is 11.2 Å². The Bertz CT molecular complexity index is 783. The molecule has 0 aliphatic heterocycles. The van der Waals surface area contributed by atoms with Crippen molar-refractivity contribution in [1.29, 1.82) is 0 Å². The molecule has 0 radical (unpaired) electrons. The van der Waals surface area contributed by atoms with E-state index < -0.39 is 5.97 Å². The molecule has 2 aromatic heterocycles. The van der Waals surface area contributed by atoms with Crippen LogP contribution in [0.1, 0.15) is 23.2 Å². The zero-order valence-electron chi connectivity index (χ0n) is 10.9. The summed E-state index contributed by atoms with van der Waals surface area (Å²) in [6.07, 6.45) is 2.55. The number of fused-ring (bicyclic) bond motifs is 3. The first kappa shape index (κ1) is 11.8. The lowest BCUT2D eigenvalue weighted by molar-refractivity contribution is -0.136. The highest BCUT2D eigenvalue weighted by molar-refractivity contribution is 5.81. The number of hydrogen-bond donors (Lipinski definition) is 2. The van der Waals surface area contributed by atoms with Gasteiger partial charge in [0.25, 0.3) is 0 Å². The van der Waals surface area contributed by atoms with Crippen molar-refractivity contribution in [3.63, 3.8) is 0 Å². The number of imidazole rings is 2. The molecule has 0 bridgehead atoms. The standard InChI is InChI=1S/C14H15N3O2/c1-8-5-11-12(6-9(8)2)17-7-10(3-4-13(18)19)15-14(17)16-11/h5-7H,3-4H2,1-2H3,(H,15,16)(H,18,19). The van der Waals surface area contributed by atoms with E-state index in [2.05, 4.69) is 35.9 Å². The van der Waals surface area contributed by atoms with Crippen LogP contribution in [0, 0.1) is 13.8 Å². The van der Waals surface area contributed by atoms with Crippen molar-refractivity contribution in [2.45, 2.75) is 26.7 Å². The first-order valence-electron chi connectivity index (χ1n) is 6.23. The lowest BCUT2D eigenvalue weighted by atomic mass is 10.1. The molecule has 19 heavy (non-hydrogen) atoms. The van der Waals surface area contributed by atoms with Crippen LogP contribution in [-0.4, -0.2) is 25.4 Å². The van der Waals surface area contributed by atoms with Gasteiger partial charge in [-0.2, -0.15) is 0 Å². The zero-order valence-corrected chi connectivity index (χ0v) is 10.9. The maximum Gasteiger partial charge on any atom is 0.303 e. The van der Waals surface area contributed by atoms with Crippen LogP contribution in [0.4, 0.5) is 0 Å². The number of carboxylic acid groups (broad SMARTS) is 1. The Morgan fingerprint density at radius 3 is 2.84 bits per heavy atom. The topological polar surface area (TPSA) is 70.4 Å². The van der Waals surface area contributed by atoms with E-state index in [1.165, 1.54) is 11.1 Å². The smallest absolute Gasteiger partial charge is 0.303 e. The average Bonchev–Trinajstić information content (AvgIpc) is 2.86. The molecule has 0 unspecified atom stereocenters. The van der Waals surface area contributed by atoms with E-state index in [-0.39, 0.29) is 6.42 Å². The highest BCUT2D eigenvalue weighted by Crippen LogP contribution is 2.21. The third kappa shape index (κ3) is 1.97. The fourth-order valence-corrected chi connectivity index (χ4v) is 2.27. The third-order valence-electron chi connectivity index (χ3n) is 3.47. The molecule has 2 N–H and O–H groups in total. The second kappa shape index (κ2) is 4.12. The molecule has 3 rings (SSSR count). The normalized spacial score (nSPS) is 11.5. The largest absolute Gasteiger partial charge is 0.481 e. The van der Waals surface area contributed by atoms with Gasteiger partial charge >= 0.3 is 5.97 Å². The number of H-pyrrole nitrogens is 1. The van der Waals surface area contributed by atoms with Crippen LogP contribution in [0.15, 0.2) is 18.3 Å². The van der Waals surface area contributed by atoms with Crippen LogP contribution < -0.4 is 0 Å². The highest BCUT2D eigenvalue weighted by atomic mass is 16.4. The van der Waals surface area contributed by atoms with Crippen molar-refractivity contribution in [1.82, 2.24) is 14.4 Å². The number of hydrogen-bond acceptors (Lipinski definition) is 2. The van der Waals surface area contributed by atoms with Gasteiger partial charge in [0, 0.05) is 11.9 Å². The van der Waals surface area contributed by atoms with Gasteiger partial charge in [0.15, 0.2) is 0 Å². The second-order valence-corrected chi connectivity index (χ2v) is 4.90. The minimum Gasteiger partial charge on any atom is -0.481 e. The maximum absolute atomic E-state index is 10.6. The van der Waals surface area contributed by atoms with Gasteiger partial charge in [0.05, 0.1) is 17.5 Å². The summed E-state index contributed by atoms with van der Waals surface area (Å²) in [7, 11) is 0. The number of carbonyl (C=O) groups is 1. The molecule has 3 aromatic rings. The van der Waals surface area contributed by atoms with Crippen molar-refractivity contribution in [2.75, 3.05) is 0 Å². The molecule has 0 amide bonds. The van der Waals surface area contributed by atoms with Gasteiger partial charge in [-0.1, -0.05) is 0 Å². The zero-order chi connectivity index (χ0) is 13.6. The fourth-order valence-electron chi connectivity index (χ4n) is 2.27. The molecule has 0 saturated heterocycles.